The topological polar surface area (TPSA) is 43.4 Å². The number of carbonyl (C=O) groups excluding carboxylic acids is 2. The van der Waals surface area contributed by atoms with Gasteiger partial charge in [0.1, 0.15) is 0 Å². The normalized spacial score (nSPS) is 32.6. The summed E-state index contributed by atoms with van der Waals surface area (Å²) < 4.78 is 5.14. The first kappa shape index (κ1) is 16.2. The largest absolute Gasteiger partial charge is 0.469 e. The van der Waals surface area contributed by atoms with Gasteiger partial charge in [0.2, 0.25) is 0 Å². The summed E-state index contributed by atoms with van der Waals surface area (Å²) >= 11 is 0. The molecule has 0 N–H and O–H groups in total. The predicted molar refractivity (Wildman–Crippen MR) is 89.6 cm³/mol. The van der Waals surface area contributed by atoms with Crippen LogP contribution in [-0.4, -0.2) is 18.9 Å². The Balaban J connectivity index is 2.11. The van der Waals surface area contributed by atoms with Gasteiger partial charge in [0.05, 0.1) is 12.5 Å². The molecule has 1 aromatic carbocycles. The first-order valence-electron chi connectivity index (χ1n) is 8.55. The minimum atomic E-state index is -0.425. The Bertz CT molecular complexity index is 663. The monoisotopic (exact) mass is 314 g/mol. The third-order valence-electron chi connectivity index (χ3n) is 6.42. The highest BCUT2D eigenvalue weighted by Gasteiger charge is 2.55. The molecule has 0 heterocycles. The van der Waals surface area contributed by atoms with Crippen LogP contribution in [0, 0.1) is 11.3 Å². The van der Waals surface area contributed by atoms with Gasteiger partial charge in [0, 0.05) is 5.56 Å². The van der Waals surface area contributed by atoms with E-state index >= 15 is 0 Å². The van der Waals surface area contributed by atoms with Crippen molar-refractivity contribution in [2.24, 2.45) is 11.3 Å². The van der Waals surface area contributed by atoms with Crippen LogP contribution in [0.1, 0.15) is 67.9 Å². The third kappa shape index (κ3) is 2.32. The number of aryl methyl sites for hydroxylation is 1. The van der Waals surface area contributed by atoms with Crippen molar-refractivity contribution in [3.8, 4) is 0 Å². The smallest absolute Gasteiger partial charge is 0.311 e. The molecule has 3 rings (SSSR count). The minimum absolute atomic E-state index is 0.0553. The van der Waals surface area contributed by atoms with Crippen molar-refractivity contribution in [3.63, 3.8) is 0 Å². The highest BCUT2D eigenvalue weighted by atomic mass is 16.5. The molecule has 0 bridgehead atoms. The van der Waals surface area contributed by atoms with Crippen LogP contribution in [0.25, 0.3) is 0 Å². The first-order valence-corrected chi connectivity index (χ1v) is 8.55. The number of methoxy groups -OCH3 is 1. The van der Waals surface area contributed by atoms with Gasteiger partial charge in [-0.05, 0) is 68.1 Å². The highest BCUT2D eigenvalue weighted by Crippen LogP contribution is 2.57. The zero-order valence-corrected chi connectivity index (χ0v) is 14.6. The quantitative estimate of drug-likeness (QED) is 0.610. The van der Waals surface area contributed by atoms with Gasteiger partial charge in [0.15, 0.2) is 5.78 Å². The van der Waals surface area contributed by atoms with Crippen molar-refractivity contribution < 1.29 is 14.3 Å². The standard InChI is InChI=1S/C20H26O3/c1-13(21)15-7-6-14-8-9-17-19(2,16(14)12-15)10-5-11-20(17,3)18(22)23-4/h6-7,12,17H,5,8-11H2,1-4H3. The second-order valence-electron chi connectivity index (χ2n) is 7.70. The predicted octanol–water partition coefficient (Wildman–Crippen LogP) is 4.07. The Morgan fingerprint density at radius 1 is 1.22 bits per heavy atom. The van der Waals surface area contributed by atoms with E-state index in [-0.39, 0.29) is 23.1 Å². The molecule has 0 spiro atoms. The Morgan fingerprint density at radius 3 is 2.61 bits per heavy atom. The van der Waals surface area contributed by atoms with E-state index in [1.54, 1.807) is 6.92 Å². The first-order chi connectivity index (χ1) is 10.8. The molecule has 124 valence electrons. The van der Waals surface area contributed by atoms with Gasteiger partial charge in [-0.3, -0.25) is 9.59 Å². The number of ketones is 1. The summed E-state index contributed by atoms with van der Waals surface area (Å²) in [5.41, 5.74) is 2.90. The zero-order valence-electron chi connectivity index (χ0n) is 14.6. The van der Waals surface area contributed by atoms with E-state index < -0.39 is 5.41 Å². The lowest BCUT2D eigenvalue weighted by Crippen LogP contribution is -2.52. The molecular weight excluding hydrogens is 288 g/mol. The Kier molecular flexibility index (Phi) is 3.86. The van der Waals surface area contributed by atoms with Crippen molar-refractivity contribution in [2.45, 2.75) is 58.3 Å². The summed E-state index contributed by atoms with van der Waals surface area (Å²) in [5, 5.41) is 0. The van der Waals surface area contributed by atoms with E-state index in [9.17, 15) is 9.59 Å². The lowest BCUT2D eigenvalue weighted by atomic mass is 9.49. The van der Waals surface area contributed by atoms with E-state index in [4.69, 9.17) is 4.74 Å². The maximum Gasteiger partial charge on any atom is 0.311 e. The average Bonchev–Trinajstić information content (AvgIpc) is 2.53. The third-order valence-corrected chi connectivity index (χ3v) is 6.42. The van der Waals surface area contributed by atoms with Crippen LogP contribution in [0.15, 0.2) is 18.2 Å². The molecule has 0 amide bonds. The Labute approximate surface area is 138 Å². The molecule has 3 nitrogen and oxygen atoms in total. The summed E-state index contributed by atoms with van der Waals surface area (Å²) in [5.74, 6) is 0.288. The molecule has 1 saturated carbocycles. The Morgan fingerprint density at radius 2 is 1.96 bits per heavy atom. The maximum atomic E-state index is 12.5. The number of ether oxygens (including phenoxy) is 1. The SMILES string of the molecule is COC(=O)C1(C)CCCC2(C)c3cc(C(C)=O)ccc3CCC12. The molecular formula is C20H26O3. The van der Waals surface area contributed by atoms with E-state index in [1.165, 1.54) is 18.2 Å². The molecule has 23 heavy (non-hydrogen) atoms. The van der Waals surface area contributed by atoms with Crippen LogP contribution in [-0.2, 0) is 21.4 Å². The van der Waals surface area contributed by atoms with Crippen LogP contribution in [0.3, 0.4) is 0 Å². The zero-order chi connectivity index (χ0) is 16.8. The molecule has 0 saturated heterocycles. The highest BCUT2D eigenvalue weighted by molar-refractivity contribution is 5.94. The number of esters is 1. The lowest BCUT2D eigenvalue weighted by Gasteiger charge is -2.54. The number of hydrogen-bond donors (Lipinski definition) is 0. The fourth-order valence-electron chi connectivity index (χ4n) is 5.16. The van der Waals surface area contributed by atoms with Crippen molar-refractivity contribution in [1.82, 2.24) is 0 Å². The number of benzene rings is 1. The second kappa shape index (κ2) is 5.47. The minimum Gasteiger partial charge on any atom is -0.469 e. The van der Waals surface area contributed by atoms with E-state index in [1.807, 2.05) is 6.07 Å². The number of fused-ring (bicyclic) bond motifs is 3. The summed E-state index contributed by atoms with van der Waals surface area (Å²) in [6.45, 7) is 5.96. The molecule has 2 aliphatic rings. The Hall–Kier alpha value is -1.64. The van der Waals surface area contributed by atoms with Crippen LogP contribution in [0.2, 0.25) is 0 Å². The fourth-order valence-corrected chi connectivity index (χ4v) is 5.16. The summed E-state index contributed by atoms with van der Waals surface area (Å²) in [7, 11) is 1.49. The lowest BCUT2D eigenvalue weighted by molar-refractivity contribution is -0.161. The number of hydrogen-bond acceptors (Lipinski definition) is 3. The van der Waals surface area contributed by atoms with Crippen molar-refractivity contribution >= 4 is 11.8 Å². The second-order valence-corrected chi connectivity index (χ2v) is 7.70. The average molecular weight is 314 g/mol. The van der Waals surface area contributed by atoms with Gasteiger partial charge in [0.25, 0.3) is 0 Å². The molecule has 1 aromatic rings. The molecule has 0 radical (unpaired) electrons. The number of rotatable bonds is 2. The summed E-state index contributed by atoms with van der Waals surface area (Å²) in [6, 6.07) is 6.12. The molecule has 3 atom stereocenters. The van der Waals surface area contributed by atoms with Gasteiger partial charge in [-0.25, -0.2) is 0 Å². The maximum absolute atomic E-state index is 12.5. The van der Waals surface area contributed by atoms with Crippen LogP contribution in [0.4, 0.5) is 0 Å². The molecule has 0 aliphatic heterocycles. The van der Waals surface area contributed by atoms with Gasteiger partial charge in [-0.1, -0.05) is 25.5 Å². The van der Waals surface area contributed by atoms with Gasteiger partial charge in [-0.15, -0.1) is 0 Å². The van der Waals surface area contributed by atoms with Gasteiger partial charge in [-0.2, -0.15) is 0 Å². The van der Waals surface area contributed by atoms with E-state index in [2.05, 4.69) is 26.0 Å². The van der Waals surface area contributed by atoms with E-state index in [0.717, 1.165) is 37.7 Å². The molecule has 2 aliphatic carbocycles. The molecule has 3 heteroatoms. The van der Waals surface area contributed by atoms with Crippen molar-refractivity contribution in [2.75, 3.05) is 7.11 Å². The van der Waals surface area contributed by atoms with E-state index in [0.29, 0.717) is 0 Å². The summed E-state index contributed by atoms with van der Waals surface area (Å²) in [6.07, 6.45) is 4.96. The number of Topliss-reactive ketones (excluding diaryl/α,β-unsaturated/α-hetero) is 1. The number of carbonyl (C=O) groups is 2. The fraction of sp³-hybridized carbons (Fsp3) is 0.600. The molecule has 3 unspecified atom stereocenters. The van der Waals surface area contributed by atoms with Crippen LogP contribution in [0.5, 0.6) is 0 Å². The van der Waals surface area contributed by atoms with Gasteiger partial charge >= 0.3 is 5.97 Å². The van der Waals surface area contributed by atoms with Gasteiger partial charge < -0.3 is 4.74 Å². The summed E-state index contributed by atoms with van der Waals surface area (Å²) in [4.78, 5) is 24.3. The molecule has 1 fully saturated rings. The van der Waals surface area contributed by atoms with Crippen molar-refractivity contribution in [3.05, 3.63) is 34.9 Å². The van der Waals surface area contributed by atoms with Crippen molar-refractivity contribution in [1.29, 1.82) is 0 Å². The van der Waals surface area contributed by atoms with Crippen LogP contribution >= 0.6 is 0 Å². The molecule has 0 aromatic heterocycles. The van der Waals surface area contributed by atoms with Crippen LogP contribution < -0.4 is 0 Å².